The first-order valence-corrected chi connectivity index (χ1v) is 9.88. The van der Waals surface area contributed by atoms with E-state index in [1.54, 1.807) is 11.0 Å². The summed E-state index contributed by atoms with van der Waals surface area (Å²) in [7, 11) is 0. The molecule has 0 unspecified atom stereocenters. The molecule has 0 saturated heterocycles. The van der Waals surface area contributed by atoms with Crippen molar-refractivity contribution in [2.45, 2.75) is 19.3 Å². The molecular formula is C22H22N4O4. The van der Waals surface area contributed by atoms with E-state index >= 15 is 0 Å². The summed E-state index contributed by atoms with van der Waals surface area (Å²) in [5.74, 6) is -1.16. The number of nitrogens with one attached hydrogen (secondary N) is 2. The minimum atomic E-state index is -0.541. The molecule has 30 heavy (non-hydrogen) atoms. The van der Waals surface area contributed by atoms with Crippen LogP contribution in [0.5, 0.6) is 0 Å². The minimum absolute atomic E-state index is 0.0298. The van der Waals surface area contributed by atoms with E-state index in [0.29, 0.717) is 11.9 Å². The van der Waals surface area contributed by atoms with Crippen LogP contribution in [0.1, 0.15) is 28.9 Å². The second kappa shape index (κ2) is 8.77. The van der Waals surface area contributed by atoms with Gasteiger partial charge in [0.05, 0.1) is 11.9 Å². The van der Waals surface area contributed by atoms with E-state index in [4.69, 9.17) is 4.74 Å². The third kappa shape index (κ3) is 4.17. The van der Waals surface area contributed by atoms with Gasteiger partial charge >= 0.3 is 5.97 Å². The van der Waals surface area contributed by atoms with Crippen molar-refractivity contribution in [2.75, 3.05) is 24.6 Å². The van der Waals surface area contributed by atoms with Crippen LogP contribution in [0.25, 0.3) is 10.9 Å². The number of carbonyl (C=O) groups is 3. The normalized spacial score (nSPS) is 13.0. The summed E-state index contributed by atoms with van der Waals surface area (Å²) in [5, 5.41) is 10.2. The number of hydrogen-bond donors (Lipinski definition) is 2. The number of aromatic nitrogens is 2. The van der Waals surface area contributed by atoms with Crippen LogP contribution in [0.15, 0.2) is 48.5 Å². The summed E-state index contributed by atoms with van der Waals surface area (Å²) < 4.78 is 5.11. The number of H-pyrrole nitrogens is 1. The van der Waals surface area contributed by atoms with Crippen LogP contribution in [-0.4, -0.2) is 47.7 Å². The smallest absolute Gasteiger partial charge is 0.308 e. The van der Waals surface area contributed by atoms with Gasteiger partial charge in [-0.25, -0.2) is 0 Å². The molecule has 4 rings (SSSR count). The Bertz CT molecular complexity index is 1090. The van der Waals surface area contributed by atoms with Crippen LogP contribution < -0.4 is 10.2 Å². The van der Waals surface area contributed by atoms with Gasteiger partial charge in [-0.3, -0.25) is 19.5 Å². The Kier molecular flexibility index (Phi) is 5.74. The molecule has 2 amide bonds. The highest BCUT2D eigenvalue weighted by Gasteiger charge is 2.23. The van der Waals surface area contributed by atoms with E-state index in [9.17, 15) is 14.4 Å². The van der Waals surface area contributed by atoms with Gasteiger partial charge in [-0.1, -0.05) is 36.4 Å². The molecule has 2 N–H and O–H groups in total. The van der Waals surface area contributed by atoms with Crippen LogP contribution in [0, 0.1) is 0 Å². The molecule has 0 radical (unpaired) electrons. The van der Waals surface area contributed by atoms with E-state index in [0.717, 1.165) is 29.6 Å². The molecule has 8 heteroatoms. The molecule has 0 fully saturated rings. The average molecular weight is 406 g/mol. The average Bonchev–Trinajstić information content (AvgIpc) is 3.21. The molecule has 1 aromatic heterocycles. The fourth-order valence-corrected chi connectivity index (χ4v) is 3.58. The summed E-state index contributed by atoms with van der Waals surface area (Å²) in [4.78, 5) is 38.4. The van der Waals surface area contributed by atoms with Gasteiger partial charge in [-0.15, -0.1) is 0 Å². The van der Waals surface area contributed by atoms with Crippen molar-refractivity contribution in [2.24, 2.45) is 0 Å². The van der Waals surface area contributed by atoms with Gasteiger partial charge in [0.25, 0.3) is 11.8 Å². The fourth-order valence-electron chi connectivity index (χ4n) is 3.58. The van der Waals surface area contributed by atoms with Gasteiger partial charge in [-0.2, -0.15) is 5.10 Å². The lowest BCUT2D eigenvalue weighted by Gasteiger charge is -2.29. The fraction of sp³-hybridized carbons (Fsp3) is 0.273. The van der Waals surface area contributed by atoms with Crippen molar-refractivity contribution >= 4 is 34.4 Å². The first kappa shape index (κ1) is 19.6. The maximum atomic E-state index is 12.5. The molecule has 0 atom stereocenters. The maximum Gasteiger partial charge on any atom is 0.308 e. The van der Waals surface area contributed by atoms with E-state index in [1.165, 1.54) is 0 Å². The van der Waals surface area contributed by atoms with E-state index in [2.05, 4.69) is 15.5 Å². The van der Waals surface area contributed by atoms with E-state index in [1.807, 2.05) is 42.5 Å². The monoisotopic (exact) mass is 406 g/mol. The number of para-hydroxylation sites is 2. The third-order valence-corrected chi connectivity index (χ3v) is 5.07. The number of rotatable bonds is 6. The van der Waals surface area contributed by atoms with Crippen molar-refractivity contribution in [1.29, 1.82) is 0 Å². The lowest BCUT2D eigenvalue weighted by molar-refractivity contribution is -0.147. The Morgan fingerprint density at radius 1 is 1.10 bits per heavy atom. The Morgan fingerprint density at radius 3 is 2.80 bits per heavy atom. The molecule has 8 nitrogen and oxygen atoms in total. The van der Waals surface area contributed by atoms with Crippen LogP contribution in [0.2, 0.25) is 0 Å². The zero-order valence-electron chi connectivity index (χ0n) is 16.4. The topological polar surface area (TPSA) is 104 Å². The second-order valence-corrected chi connectivity index (χ2v) is 7.06. The molecule has 154 valence electrons. The molecule has 3 aromatic rings. The molecule has 0 bridgehead atoms. The number of nitrogens with zero attached hydrogens (tertiary/aromatic N) is 2. The van der Waals surface area contributed by atoms with E-state index in [-0.39, 0.29) is 37.1 Å². The first-order valence-electron chi connectivity index (χ1n) is 9.88. The quantitative estimate of drug-likeness (QED) is 0.611. The number of esters is 1. The molecule has 1 aliphatic heterocycles. The third-order valence-electron chi connectivity index (χ3n) is 5.07. The van der Waals surface area contributed by atoms with Crippen molar-refractivity contribution in [3.8, 4) is 0 Å². The van der Waals surface area contributed by atoms with Crippen molar-refractivity contribution < 1.29 is 19.1 Å². The Morgan fingerprint density at radius 2 is 1.90 bits per heavy atom. The van der Waals surface area contributed by atoms with Gasteiger partial charge < -0.3 is 15.0 Å². The lowest BCUT2D eigenvalue weighted by atomic mass is 10.0. The molecule has 0 saturated carbocycles. The first-order chi connectivity index (χ1) is 14.6. The van der Waals surface area contributed by atoms with Gasteiger partial charge in [0, 0.05) is 24.2 Å². The van der Waals surface area contributed by atoms with Crippen LogP contribution in [0.3, 0.4) is 0 Å². The largest absolute Gasteiger partial charge is 0.455 e. The number of aromatic amines is 1. The number of hydrogen-bond acceptors (Lipinski definition) is 5. The predicted molar refractivity (Wildman–Crippen MR) is 111 cm³/mol. The second-order valence-electron chi connectivity index (χ2n) is 7.06. The number of fused-ring (bicyclic) bond motifs is 2. The number of carbonyl (C=O) groups excluding carboxylic acids is 3. The number of aryl methyl sites for hydroxylation is 1. The van der Waals surface area contributed by atoms with Crippen molar-refractivity contribution in [3.05, 3.63) is 59.8 Å². The van der Waals surface area contributed by atoms with Gasteiger partial charge in [0.1, 0.15) is 0 Å². The molecule has 0 spiro atoms. The summed E-state index contributed by atoms with van der Waals surface area (Å²) in [5.41, 5.74) is 3.04. The van der Waals surface area contributed by atoms with Crippen LogP contribution in [0.4, 0.5) is 5.69 Å². The number of amides is 2. The maximum absolute atomic E-state index is 12.5. The van der Waals surface area contributed by atoms with Gasteiger partial charge in [-0.05, 0) is 30.5 Å². The SMILES string of the molecule is O=C(CCNC(=O)c1n[nH]c2ccccc12)OCC(=O)N1CCCc2ccccc21. The Labute approximate surface area is 173 Å². The predicted octanol–water partition coefficient (Wildman–Crippen LogP) is 2.21. The highest BCUT2D eigenvalue weighted by Crippen LogP contribution is 2.26. The zero-order chi connectivity index (χ0) is 20.9. The van der Waals surface area contributed by atoms with Crippen molar-refractivity contribution in [1.82, 2.24) is 15.5 Å². The minimum Gasteiger partial charge on any atom is -0.455 e. The highest BCUT2D eigenvalue weighted by atomic mass is 16.5. The Balaban J connectivity index is 1.24. The van der Waals surface area contributed by atoms with Crippen LogP contribution in [-0.2, 0) is 20.7 Å². The molecule has 2 heterocycles. The summed E-state index contributed by atoms with van der Waals surface area (Å²) in [6.45, 7) is 0.395. The number of anilines is 1. The number of benzene rings is 2. The van der Waals surface area contributed by atoms with Gasteiger partial charge in [0.2, 0.25) is 0 Å². The molecule has 1 aliphatic rings. The molecule has 2 aromatic carbocycles. The number of ether oxygens (including phenoxy) is 1. The van der Waals surface area contributed by atoms with E-state index < -0.39 is 5.97 Å². The molecule has 0 aliphatic carbocycles. The van der Waals surface area contributed by atoms with Gasteiger partial charge in [0.15, 0.2) is 12.3 Å². The summed E-state index contributed by atoms with van der Waals surface area (Å²) in [6, 6.07) is 15.1. The lowest BCUT2D eigenvalue weighted by Crippen LogP contribution is -2.38. The summed E-state index contributed by atoms with van der Waals surface area (Å²) in [6.07, 6.45) is 1.79. The Hall–Kier alpha value is -3.68. The standard InChI is InChI=1S/C22H22N4O4/c27-19(26-13-5-7-15-6-1-4-10-18(15)26)14-30-20(28)11-12-23-22(29)21-16-8-2-3-9-17(16)24-25-21/h1-4,6,8-10H,5,7,11-14H2,(H,23,29)(H,24,25). The van der Waals surface area contributed by atoms with Crippen LogP contribution >= 0.6 is 0 Å². The van der Waals surface area contributed by atoms with Crippen molar-refractivity contribution in [3.63, 3.8) is 0 Å². The highest BCUT2D eigenvalue weighted by molar-refractivity contribution is 6.04. The summed E-state index contributed by atoms with van der Waals surface area (Å²) >= 11 is 0. The molecular weight excluding hydrogens is 384 g/mol. The zero-order valence-corrected chi connectivity index (χ0v) is 16.4.